The number of nitrogens with one attached hydrogen (secondary N) is 1. The van der Waals surface area contributed by atoms with Crippen LogP contribution in [0.5, 0.6) is 0 Å². The Labute approximate surface area is 227 Å². The van der Waals surface area contributed by atoms with Gasteiger partial charge in [0.2, 0.25) is 5.91 Å². The predicted molar refractivity (Wildman–Crippen MR) is 155 cm³/mol. The number of benzene rings is 2. The summed E-state index contributed by atoms with van der Waals surface area (Å²) < 4.78 is 2.22. The van der Waals surface area contributed by atoms with Crippen molar-refractivity contribution in [3.63, 3.8) is 0 Å². The van der Waals surface area contributed by atoms with Crippen LogP contribution in [-0.2, 0) is 11.3 Å². The van der Waals surface area contributed by atoms with Crippen molar-refractivity contribution in [2.45, 2.75) is 72.4 Å². The van der Waals surface area contributed by atoms with Gasteiger partial charge in [0.1, 0.15) is 6.54 Å². The second-order valence-electron chi connectivity index (χ2n) is 11.0. The summed E-state index contributed by atoms with van der Waals surface area (Å²) in [5.74, 6) is 0.503. The van der Waals surface area contributed by atoms with Gasteiger partial charge in [-0.1, -0.05) is 82.6 Å². The molecule has 0 bridgehead atoms. The van der Waals surface area contributed by atoms with Crippen LogP contribution in [0.25, 0.3) is 0 Å². The normalized spacial score (nSPS) is 15.1. The van der Waals surface area contributed by atoms with Gasteiger partial charge in [0.15, 0.2) is 0 Å². The Morgan fingerprint density at radius 1 is 0.947 bits per heavy atom. The van der Waals surface area contributed by atoms with Gasteiger partial charge in [0.25, 0.3) is 0 Å². The number of hydrogen-bond donors (Lipinski definition) is 1. The van der Waals surface area contributed by atoms with E-state index >= 15 is 0 Å². The van der Waals surface area contributed by atoms with Gasteiger partial charge in [-0.25, -0.2) is 4.79 Å². The maximum atomic E-state index is 13.9. The SMILES string of the molecule is CCCN(CC(=O)N1CCn2cccc2C1c1ccc(C)cc1)C(=O)Nc1c(C(C)C)cccc1C(C)C. The van der Waals surface area contributed by atoms with Gasteiger partial charge in [-0.05, 0) is 54.0 Å². The molecule has 0 spiro atoms. The van der Waals surface area contributed by atoms with Crippen molar-refractivity contribution in [2.75, 3.05) is 25.0 Å². The van der Waals surface area contributed by atoms with E-state index in [0.29, 0.717) is 13.1 Å². The van der Waals surface area contributed by atoms with E-state index in [4.69, 9.17) is 0 Å². The Bertz CT molecular complexity index is 1230. The molecule has 0 aliphatic carbocycles. The van der Waals surface area contributed by atoms with Crippen LogP contribution in [0.15, 0.2) is 60.8 Å². The number of carbonyl (C=O) groups excluding carboxylic acids is 2. The maximum absolute atomic E-state index is 13.9. The number of para-hydroxylation sites is 1. The van der Waals surface area contributed by atoms with Crippen LogP contribution >= 0.6 is 0 Å². The van der Waals surface area contributed by atoms with Gasteiger partial charge >= 0.3 is 6.03 Å². The first-order valence-electron chi connectivity index (χ1n) is 13.9. The largest absolute Gasteiger partial charge is 0.348 e. The molecule has 2 aromatic carbocycles. The highest BCUT2D eigenvalue weighted by molar-refractivity contribution is 5.94. The van der Waals surface area contributed by atoms with Crippen molar-refractivity contribution in [3.05, 3.63) is 88.7 Å². The fraction of sp³-hybridized carbons (Fsp3) is 0.438. The molecule has 1 atom stereocenters. The number of urea groups is 1. The Morgan fingerprint density at radius 3 is 2.21 bits per heavy atom. The summed E-state index contributed by atoms with van der Waals surface area (Å²) in [6.45, 7) is 14.6. The highest BCUT2D eigenvalue weighted by Gasteiger charge is 2.33. The fourth-order valence-corrected chi connectivity index (χ4v) is 5.41. The number of amides is 3. The number of fused-ring (bicyclic) bond motifs is 1. The molecule has 1 aliphatic rings. The molecule has 38 heavy (non-hydrogen) atoms. The highest BCUT2D eigenvalue weighted by atomic mass is 16.2. The summed E-state index contributed by atoms with van der Waals surface area (Å²) in [6.07, 6.45) is 2.85. The van der Waals surface area contributed by atoms with Gasteiger partial charge in [-0.3, -0.25) is 4.79 Å². The van der Waals surface area contributed by atoms with Crippen molar-refractivity contribution < 1.29 is 9.59 Å². The van der Waals surface area contributed by atoms with Crippen LogP contribution in [0.3, 0.4) is 0 Å². The minimum atomic E-state index is -0.220. The fourth-order valence-electron chi connectivity index (χ4n) is 5.41. The van der Waals surface area contributed by atoms with E-state index in [0.717, 1.165) is 41.0 Å². The quantitative estimate of drug-likeness (QED) is 0.355. The van der Waals surface area contributed by atoms with Gasteiger partial charge < -0.3 is 19.7 Å². The van der Waals surface area contributed by atoms with Crippen molar-refractivity contribution in [1.29, 1.82) is 0 Å². The zero-order valence-electron chi connectivity index (χ0n) is 23.7. The molecule has 0 radical (unpaired) electrons. The Hall–Kier alpha value is -3.54. The number of aromatic nitrogens is 1. The van der Waals surface area contributed by atoms with Crippen molar-refractivity contribution in [1.82, 2.24) is 14.4 Å². The van der Waals surface area contributed by atoms with Gasteiger partial charge in [-0.2, -0.15) is 0 Å². The molecule has 1 aromatic heterocycles. The first-order valence-corrected chi connectivity index (χ1v) is 13.9. The highest BCUT2D eigenvalue weighted by Crippen LogP contribution is 2.34. The minimum absolute atomic E-state index is 0.0344. The van der Waals surface area contributed by atoms with E-state index in [1.165, 1.54) is 5.56 Å². The van der Waals surface area contributed by atoms with Crippen molar-refractivity contribution in [2.24, 2.45) is 0 Å². The third-order valence-electron chi connectivity index (χ3n) is 7.46. The van der Waals surface area contributed by atoms with Gasteiger partial charge in [-0.15, -0.1) is 0 Å². The van der Waals surface area contributed by atoms with Crippen molar-refractivity contribution >= 4 is 17.6 Å². The molecule has 3 amide bonds. The zero-order chi connectivity index (χ0) is 27.4. The summed E-state index contributed by atoms with van der Waals surface area (Å²) in [4.78, 5) is 31.1. The number of carbonyl (C=O) groups is 2. The summed E-state index contributed by atoms with van der Waals surface area (Å²) >= 11 is 0. The average molecular weight is 515 g/mol. The van der Waals surface area contributed by atoms with E-state index in [-0.39, 0.29) is 36.4 Å². The number of hydrogen-bond acceptors (Lipinski definition) is 2. The molecule has 6 heteroatoms. The van der Waals surface area contributed by atoms with E-state index in [2.05, 4.69) is 99.2 Å². The summed E-state index contributed by atoms with van der Waals surface area (Å²) in [7, 11) is 0. The van der Waals surface area contributed by atoms with Gasteiger partial charge in [0, 0.05) is 37.2 Å². The molecule has 1 aliphatic heterocycles. The third kappa shape index (κ3) is 5.79. The Morgan fingerprint density at radius 2 is 1.61 bits per heavy atom. The third-order valence-corrected chi connectivity index (χ3v) is 7.46. The lowest BCUT2D eigenvalue weighted by Gasteiger charge is -2.38. The molecule has 1 unspecified atom stereocenters. The van der Waals surface area contributed by atoms with Crippen LogP contribution in [0, 0.1) is 6.92 Å². The molecule has 3 aromatic rings. The second kappa shape index (κ2) is 11.9. The van der Waals surface area contributed by atoms with Crippen LogP contribution in [0.2, 0.25) is 0 Å². The average Bonchev–Trinajstić information content (AvgIpc) is 3.37. The molecular weight excluding hydrogens is 472 g/mol. The molecule has 2 heterocycles. The number of rotatable bonds is 8. The molecule has 202 valence electrons. The summed E-state index contributed by atoms with van der Waals surface area (Å²) in [5.41, 5.74) is 6.48. The zero-order valence-corrected chi connectivity index (χ0v) is 23.7. The molecule has 1 N–H and O–H groups in total. The van der Waals surface area contributed by atoms with E-state index in [1.54, 1.807) is 4.90 Å². The van der Waals surface area contributed by atoms with E-state index < -0.39 is 0 Å². The molecule has 0 saturated heterocycles. The lowest BCUT2D eigenvalue weighted by molar-refractivity contribution is -0.134. The molecule has 0 saturated carbocycles. The molecule has 6 nitrogen and oxygen atoms in total. The summed E-state index contributed by atoms with van der Waals surface area (Å²) in [5, 5.41) is 3.21. The van der Waals surface area contributed by atoms with Crippen LogP contribution in [-0.4, -0.2) is 45.9 Å². The Kier molecular flexibility index (Phi) is 8.60. The van der Waals surface area contributed by atoms with Crippen LogP contribution in [0.4, 0.5) is 10.5 Å². The topological polar surface area (TPSA) is 57.6 Å². The maximum Gasteiger partial charge on any atom is 0.322 e. The minimum Gasteiger partial charge on any atom is -0.348 e. The molecule has 4 rings (SSSR count). The number of anilines is 1. The smallest absolute Gasteiger partial charge is 0.322 e. The van der Waals surface area contributed by atoms with E-state index in [9.17, 15) is 9.59 Å². The molecule has 0 fully saturated rings. The standard InChI is InChI=1S/C32H42N4O2/c1-7-17-35(32(38)33-30-26(22(2)3)10-8-11-27(30)23(4)5)21-29(37)36-20-19-34-18-9-12-28(34)31(36)25-15-13-24(6)14-16-25/h8-16,18,22-23,31H,7,17,19-21H2,1-6H3,(H,33,38). The van der Waals surface area contributed by atoms with Gasteiger partial charge in [0.05, 0.1) is 6.04 Å². The number of nitrogens with zero attached hydrogens (tertiary/aromatic N) is 3. The Balaban J connectivity index is 1.59. The number of aryl methyl sites for hydroxylation is 1. The predicted octanol–water partition coefficient (Wildman–Crippen LogP) is 6.92. The van der Waals surface area contributed by atoms with Crippen molar-refractivity contribution in [3.8, 4) is 0 Å². The first kappa shape index (κ1) is 27.5. The lowest BCUT2D eigenvalue weighted by atomic mass is 9.93. The summed E-state index contributed by atoms with van der Waals surface area (Å²) in [6, 6.07) is 18.4. The molecular formula is C32H42N4O2. The van der Waals surface area contributed by atoms with Crippen LogP contribution < -0.4 is 5.32 Å². The first-order chi connectivity index (χ1) is 18.2. The van der Waals surface area contributed by atoms with Crippen LogP contribution in [0.1, 0.15) is 86.9 Å². The second-order valence-corrected chi connectivity index (χ2v) is 11.0. The lowest BCUT2D eigenvalue weighted by Crippen LogP contribution is -2.49. The van der Waals surface area contributed by atoms with E-state index in [1.807, 2.05) is 17.9 Å². The monoisotopic (exact) mass is 514 g/mol.